The van der Waals surface area contributed by atoms with E-state index in [0.29, 0.717) is 17.9 Å². The standard InChI is InChI=1S/C21H25N5O2S/c1-26(2)19(15-8-6-9-17(11-15)28-3)12-22-20(27)18-10-5-4-7-16(18)13-29-21-23-14-24-25-21/h4-11,14,19H,12-13H2,1-3H3,(H,22,27)(H,23,24,25). The minimum Gasteiger partial charge on any atom is -0.497 e. The van der Waals surface area contributed by atoms with Gasteiger partial charge < -0.3 is 15.0 Å². The molecule has 0 saturated heterocycles. The van der Waals surface area contributed by atoms with Crippen LogP contribution in [-0.2, 0) is 5.75 Å². The second-order valence-electron chi connectivity index (χ2n) is 6.70. The first-order chi connectivity index (χ1) is 14.1. The Kier molecular flexibility index (Phi) is 7.26. The maximum Gasteiger partial charge on any atom is 0.251 e. The summed E-state index contributed by atoms with van der Waals surface area (Å²) < 4.78 is 5.33. The average molecular weight is 412 g/mol. The van der Waals surface area contributed by atoms with Crippen LogP contribution in [-0.4, -0.2) is 53.7 Å². The highest BCUT2D eigenvalue weighted by molar-refractivity contribution is 7.98. The highest BCUT2D eigenvalue weighted by atomic mass is 32.2. The lowest BCUT2D eigenvalue weighted by Gasteiger charge is -2.25. The van der Waals surface area contributed by atoms with Crippen molar-refractivity contribution < 1.29 is 9.53 Å². The number of hydrogen-bond acceptors (Lipinski definition) is 6. The monoisotopic (exact) mass is 411 g/mol. The molecule has 1 amide bonds. The lowest BCUT2D eigenvalue weighted by molar-refractivity contribution is 0.0941. The summed E-state index contributed by atoms with van der Waals surface area (Å²) in [5.74, 6) is 1.34. The number of aromatic nitrogens is 3. The van der Waals surface area contributed by atoms with Gasteiger partial charge in [0.05, 0.1) is 13.2 Å². The lowest BCUT2D eigenvalue weighted by Crippen LogP contribution is -2.34. The normalized spacial score (nSPS) is 12.0. The fourth-order valence-electron chi connectivity index (χ4n) is 3.01. The van der Waals surface area contributed by atoms with Crippen molar-refractivity contribution >= 4 is 17.7 Å². The van der Waals surface area contributed by atoms with E-state index in [1.807, 2.05) is 62.6 Å². The van der Waals surface area contributed by atoms with Gasteiger partial charge in [-0.25, -0.2) is 4.98 Å². The maximum absolute atomic E-state index is 12.9. The summed E-state index contributed by atoms with van der Waals surface area (Å²) in [5, 5.41) is 10.5. The van der Waals surface area contributed by atoms with Crippen molar-refractivity contribution in [1.82, 2.24) is 25.4 Å². The van der Waals surface area contributed by atoms with Crippen molar-refractivity contribution in [3.63, 3.8) is 0 Å². The van der Waals surface area contributed by atoms with Crippen molar-refractivity contribution in [2.75, 3.05) is 27.7 Å². The third-order valence-electron chi connectivity index (χ3n) is 4.58. The van der Waals surface area contributed by atoms with Crippen LogP contribution in [0.25, 0.3) is 0 Å². The molecule has 2 N–H and O–H groups in total. The molecule has 0 aliphatic heterocycles. The van der Waals surface area contributed by atoms with E-state index in [9.17, 15) is 4.79 Å². The molecule has 0 bridgehead atoms. The molecule has 1 heterocycles. The third kappa shape index (κ3) is 5.58. The van der Waals surface area contributed by atoms with E-state index in [0.717, 1.165) is 22.0 Å². The van der Waals surface area contributed by atoms with Crippen molar-refractivity contribution in [2.24, 2.45) is 0 Å². The van der Waals surface area contributed by atoms with E-state index >= 15 is 0 Å². The Balaban J connectivity index is 1.68. The summed E-state index contributed by atoms with van der Waals surface area (Å²) in [7, 11) is 5.65. The Morgan fingerprint density at radius 1 is 1.24 bits per heavy atom. The topological polar surface area (TPSA) is 83.1 Å². The minimum absolute atomic E-state index is 0.0322. The Labute approximate surface area is 174 Å². The molecule has 7 nitrogen and oxygen atoms in total. The summed E-state index contributed by atoms with van der Waals surface area (Å²) in [4.78, 5) is 19.1. The number of carbonyl (C=O) groups is 1. The largest absolute Gasteiger partial charge is 0.497 e. The van der Waals surface area contributed by atoms with Gasteiger partial charge in [-0.05, 0) is 43.4 Å². The number of benzene rings is 2. The number of H-pyrrole nitrogens is 1. The van der Waals surface area contributed by atoms with Gasteiger partial charge in [0, 0.05) is 17.9 Å². The second kappa shape index (κ2) is 10.1. The first-order valence-electron chi connectivity index (χ1n) is 9.23. The summed E-state index contributed by atoms with van der Waals surface area (Å²) in [5.41, 5.74) is 2.71. The first-order valence-corrected chi connectivity index (χ1v) is 10.2. The number of likely N-dealkylation sites (N-methyl/N-ethyl adjacent to an activating group) is 1. The van der Waals surface area contributed by atoms with Gasteiger partial charge >= 0.3 is 0 Å². The molecule has 2 aromatic carbocycles. The van der Waals surface area contributed by atoms with Gasteiger partial charge in [-0.1, -0.05) is 42.1 Å². The first kappa shape index (κ1) is 20.9. The van der Waals surface area contributed by atoms with Crippen LogP contribution in [0.15, 0.2) is 60.0 Å². The third-order valence-corrected chi connectivity index (χ3v) is 5.50. The SMILES string of the molecule is COc1cccc(C(CNC(=O)c2ccccc2CSc2ncn[nH]2)N(C)C)c1. The van der Waals surface area contributed by atoms with Gasteiger partial charge in [-0.3, -0.25) is 9.89 Å². The molecule has 1 unspecified atom stereocenters. The summed E-state index contributed by atoms with van der Waals surface area (Å²) in [6.45, 7) is 0.489. The number of aromatic amines is 1. The second-order valence-corrected chi connectivity index (χ2v) is 7.67. The van der Waals surface area contributed by atoms with Crippen molar-refractivity contribution in [3.8, 4) is 5.75 Å². The predicted octanol–water partition coefficient (Wildman–Crippen LogP) is 3.14. The van der Waals surface area contributed by atoms with E-state index in [1.54, 1.807) is 7.11 Å². The number of thioether (sulfide) groups is 1. The quantitative estimate of drug-likeness (QED) is 0.527. The minimum atomic E-state index is -0.0893. The molecule has 29 heavy (non-hydrogen) atoms. The van der Waals surface area contributed by atoms with Crippen LogP contribution in [0.1, 0.15) is 27.5 Å². The number of amides is 1. The number of rotatable bonds is 9. The van der Waals surface area contributed by atoms with Gasteiger partial charge in [-0.15, -0.1) is 0 Å². The highest BCUT2D eigenvalue weighted by Gasteiger charge is 2.18. The molecule has 0 radical (unpaired) electrons. The fourth-order valence-corrected chi connectivity index (χ4v) is 3.79. The molecule has 0 aliphatic rings. The molecule has 152 valence electrons. The zero-order valence-corrected chi connectivity index (χ0v) is 17.6. The van der Waals surface area contributed by atoms with Gasteiger partial charge in [-0.2, -0.15) is 5.10 Å². The Bertz CT molecular complexity index is 930. The van der Waals surface area contributed by atoms with Gasteiger partial charge in [0.25, 0.3) is 5.91 Å². The van der Waals surface area contributed by atoms with E-state index in [1.165, 1.54) is 18.1 Å². The number of methoxy groups -OCH3 is 1. The van der Waals surface area contributed by atoms with Crippen molar-refractivity contribution in [1.29, 1.82) is 0 Å². The number of carbonyl (C=O) groups excluding carboxylic acids is 1. The van der Waals surface area contributed by atoms with Crippen LogP contribution in [0.5, 0.6) is 5.75 Å². The van der Waals surface area contributed by atoms with Crippen molar-refractivity contribution in [2.45, 2.75) is 17.0 Å². The molecule has 1 aromatic heterocycles. The van der Waals surface area contributed by atoms with Crippen LogP contribution >= 0.6 is 11.8 Å². The Hall–Kier alpha value is -2.84. The molecule has 3 rings (SSSR count). The lowest BCUT2D eigenvalue weighted by atomic mass is 10.0. The highest BCUT2D eigenvalue weighted by Crippen LogP contribution is 2.23. The fraction of sp³-hybridized carbons (Fsp3) is 0.286. The van der Waals surface area contributed by atoms with Crippen LogP contribution < -0.4 is 10.1 Å². The van der Waals surface area contributed by atoms with Gasteiger partial charge in [0.2, 0.25) is 0 Å². The average Bonchev–Trinajstić information content (AvgIpc) is 3.26. The molecule has 0 saturated carbocycles. The predicted molar refractivity (Wildman–Crippen MR) is 114 cm³/mol. The van der Waals surface area contributed by atoms with E-state index < -0.39 is 0 Å². The van der Waals surface area contributed by atoms with Crippen LogP contribution in [0.3, 0.4) is 0 Å². The van der Waals surface area contributed by atoms with Crippen LogP contribution in [0.2, 0.25) is 0 Å². The van der Waals surface area contributed by atoms with Gasteiger partial charge in [0.1, 0.15) is 12.1 Å². The molecule has 3 aromatic rings. The van der Waals surface area contributed by atoms with E-state index in [-0.39, 0.29) is 11.9 Å². The van der Waals surface area contributed by atoms with E-state index in [4.69, 9.17) is 4.74 Å². The van der Waals surface area contributed by atoms with Gasteiger partial charge in [0.15, 0.2) is 5.16 Å². The summed E-state index contributed by atoms with van der Waals surface area (Å²) >= 11 is 1.51. The molecule has 0 aliphatic carbocycles. The molecule has 0 spiro atoms. The smallest absolute Gasteiger partial charge is 0.251 e. The van der Waals surface area contributed by atoms with Crippen molar-refractivity contribution in [3.05, 3.63) is 71.5 Å². The molecular formula is C21H25N5O2S. The number of ether oxygens (including phenoxy) is 1. The Morgan fingerprint density at radius 3 is 2.79 bits per heavy atom. The molecule has 0 fully saturated rings. The molecule has 1 atom stereocenters. The van der Waals surface area contributed by atoms with Crippen LogP contribution in [0, 0.1) is 0 Å². The zero-order valence-electron chi connectivity index (χ0n) is 16.8. The number of hydrogen-bond donors (Lipinski definition) is 2. The van der Waals surface area contributed by atoms with E-state index in [2.05, 4.69) is 25.4 Å². The summed E-state index contributed by atoms with van der Waals surface area (Å²) in [6, 6.07) is 15.6. The molecular weight excluding hydrogens is 386 g/mol. The summed E-state index contributed by atoms with van der Waals surface area (Å²) in [6.07, 6.45) is 1.47. The molecule has 8 heteroatoms. The van der Waals surface area contributed by atoms with Crippen LogP contribution in [0.4, 0.5) is 0 Å². The Morgan fingerprint density at radius 2 is 2.07 bits per heavy atom. The maximum atomic E-state index is 12.9. The zero-order chi connectivity index (χ0) is 20.6. The number of nitrogens with zero attached hydrogens (tertiary/aromatic N) is 3. The number of nitrogens with one attached hydrogen (secondary N) is 2.